The minimum atomic E-state index is -3.97. The van der Waals surface area contributed by atoms with Crippen LogP contribution in [0.1, 0.15) is 61.8 Å². The fourth-order valence-corrected chi connectivity index (χ4v) is 7.11. The number of urea groups is 1. The minimum absolute atomic E-state index is 0.00354. The second kappa shape index (κ2) is 16.6. The van der Waals surface area contributed by atoms with Gasteiger partial charge in [0.05, 0.1) is 30.4 Å². The molecule has 1 aliphatic heterocycles. The number of fused-ring (bicyclic) bond motifs is 1. The summed E-state index contributed by atoms with van der Waals surface area (Å²) < 4.78 is 59.3. The molecule has 0 bridgehead atoms. The van der Waals surface area contributed by atoms with Crippen LogP contribution < -0.4 is 15.4 Å². The van der Waals surface area contributed by atoms with Crippen LogP contribution in [0.2, 0.25) is 0 Å². The summed E-state index contributed by atoms with van der Waals surface area (Å²) in [5.41, 5.74) is 1.12. The Morgan fingerprint density at radius 3 is 2.45 bits per heavy atom. The Hall–Kier alpha value is -4.05. The molecule has 3 amide bonds. The van der Waals surface area contributed by atoms with Crippen LogP contribution >= 0.6 is 0 Å². The van der Waals surface area contributed by atoms with Gasteiger partial charge in [-0.1, -0.05) is 12.1 Å². The molecule has 3 N–H and O–H groups in total. The third-order valence-corrected chi connectivity index (χ3v) is 10.6. The lowest BCUT2D eigenvalue weighted by atomic mass is 10.0. The van der Waals surface area contributed by atoms with E-state index >= 15 is 0 Å². The van der Waals surface area contributed by atoms with Crippen molar-refractivity contribution < 1.29 is 41.5 Å². The summed E-state index contributed by atoms with van der Waals surface area (Å²) in [7, 11) is -2.50. The van der Waals surface area contributed by atoms with Crippen molar-refractivity contribution >= 4 is 33.3 Å². The molecule has 268 valence electrons. The van der Waals surface area contributed by atoms with E-state index in [0.29, 0.717) is 36.6 Å². The SMILES string of the molecule is Cc1noc(C)c1S(=O)(=O)N(C)C[C@H]1OCCCC[C@@H](C)Oc2ccc(NC(=O)Nc3ccc(F)cc3)cc2C(=O)N([C@H](C)CO)C[C@@H]1C. The molecule has 0 saturated carbocycles. The van der Waals surface area contributed by atoms with Crippen molar-refractivity contribution in [3.8, 4) is 5.75 Å². The van der Waals surface area contributed by atoms with Crippen LogP contribution in [-0.4, -0.2) is 91.4 Å². The molecule has 0 unspecified atom stereocenters. The predicted molar refractivity (Wildman–Crippen MR) is 182 cm³/mol. The topological polar surface area (TPSA) is 164 Å². The van der Waals surface area contributed by atoms with Gasteiger partial charge in [-0.2, -0.15) is 4.31 Å². The zero-order chi connectivity index (χ0) is 35.9. The van der Waals surface area contributed by atoms with Gasteiger partial charge in [-0.15, -0.1) is 0 Å². The van der Waals surface area contributed by atoms with Crippen molar-refractivity contribution in [2.24, 2.45) is 5.92 Å². The van der Waals surface area contributed by atoms with Crippen molar-refractivity contribution in [1.29, 1.82) is 0 Å². The number of sulfonamides is 1. The van der Waals surface area contributed by atoms with Crippen LogP contribution in [0, 0.1) is 25.6 Å². The Kier molecular flexibility index (Phi) is 12.8. The first-order valence-electron chi connectivity index (χ1n) is 16.3. The van der Waals surface area contributed by atoms with Crippen LogP contribution in [0.3, 0.4) is 0 Å². The van der Waals surface area contributed by atoms with Gasteiger partial charge >= 0.3 is 6.03 Å². The van der Waals surface area contributed by atoms with Crippen LogP contribution in [0.5, 0.6) is 5.75 Å². The molecule has 0 radical (unpaired) electrons. The van der Waals surface area contributed by atoms with Gasteiger partial charge in [-0.05, 0) is 89.4 Å². The number of likely N-dealkylation sites (N-methyl/N-ethyl adjacent to an activating group) is 1. The number of carbonyl (C=O) groups is 2. The molecule has 0 spiro atoms. The lowest BCUT2D eigenvalue weighted by Gasteiger charge is -2.35. The normalized spacial score (nSPS) is 20.2. The Bertz CT molecular complexity index is 1680. The lowest BCUT2D eigenvalue weighted by molar-refractivity contribution is -0.00835. The third kappa shape index (κ3) is 9.56. The summed E-state index contributed by atoms with van der Waals surface area (Å²) in [5, 5.41) is 19.3. The molecule has 15 heteroatoms. The maximum absolute atomic E-state index is 14.3. The molecule has 4 rings (SSSR count). The zero-order valence-electron chi connectivity index (χ0n) is 28.7. The summed E-state index contributed by atoms with van der Waals surface area (Å²) in [6, 6.07) is 8.82. The monoisotopic (exact) mass is 703 g/mol. The molecule has 0 aliphatic carbocycles. The lowest BCUT2D eigenvalue weighted by Crippen LogP contribution is -2.48. The number of carbonyl (C=O) groups excluding carboxylic acids is 2. The second-order valence-corrected chi connectivity index (χ2v) is 14.5. The van der Waals surface area contributed by atoms with Crippen molar-refractivity contribution in [3.05, 3.63) is 65.3 Å². The largest absolute Gasteiger partial charge is 0.490 e. The third-order valence-electron chi connectivity index (χ3n) is 8.48. The van der Waals surface area contributed by atoms with Gasteiger partial charge in [0.2, 0.25) is 10.0 Å². The molecule has 2 heterocycles. The first-order chi connectivity index (χ1) is 23.2. The summed E-state index contributed by atoms with van der Waals surface area (Å²) in [6.45, 7) is 8.73. The number of hydrogen-bond donors (Lipinski definition) is 3. The number of aliphatic hydroxyl groups is 1. The highest BCUT2D eigenvalue weighted by atomic mass is 32.2. The Morgan fingerprint density at radius 2 is 1.80 bits per heavy atom. The summed E-state index contributed by atoms with van der Waals surface area (Å²) in [6.07, 6.45) is 1.25. The average molecular weight is 704 g/mol. The number of halogens is 1. The molecule has 4 atom stereocenters. The molecule has 0 saturated heterocycles. The molecular formula is C34H46FN5O8S. The van der Waals surface area contributed by atoms with E-state index in [0.717, 1.165) is 6.42 Å². The van der Waals surface area contributed by atoms with Crippen LogP contribution in [0.4, 0.5) is 20.6 Å². The number of aliphatic hydroxyl groups excluding tert-OH is 1. The molecule has 0 fully saturated rings. The maximum atomic E-state index is 14.3. The number of aryl methyl sites for hydroxylation is 2. The highest BCUT2D eigenvalue weighted by Gasteiger charge is 2.34. The number of rotatable bonds is 8. The average Bonchev–Trinajstić information content (AvgIpc) is 3.41. The molecule has 3 aromatic rings. The number of hydrogen-bond acceptors (Lipinski definition) is 9. The van der Waals surface area contributed by atoms with Crippen LogP contribution in [-0.2, 0) is 14.8 Å². The van der Waals surface area contributed by atoms with E-state index in [9.17, 15) is 27.5 Å². The van der Waals surface area contributed by atoms with E-state index in [1.807, 2.05) is 13.8 Å². The fraction of sp³-hybridized carbons (Fsp3) is 0.500. The molecular weight excluding hydrogens is 657 g/mol. The minimum Gasteiger partial charge on any atom is -0.490 e. The van der Waals surface area contributed by atoms with Gasteiger partial charge in [0.1, 0.15) is 22.2 Å². The molecule has 1 aromatic heterocycles. The molecule has 49 heavy (non-hydrogen) atoms. The number of benzene rings is 2. The van der Waals surface area contributed by atoms with Crippen LogP contribution in [0.15, 0.2) is 51.9 Å². The van der Waals surface area contributed by atoms with E-state index in [-0.39, 0.29) is 53.6 Å². The fourth-order valence-electron chi connectivity index (χ4n) is 5.64. The van der Waals surface area contributed by atoms with E-state index < -0.39 is 39.9 Å². The molecule has 13 nitrogen and oxygen atoms in total. The maximum Gasteiger partial charge on any atom is 0.323 e. The highest BCUT2D eigenvalue weighted by molar-refractivity contribution is 7.89. The molecule has 1 aliphatic rings. The Balaban J connectivity index is 1.63. The number of nitrogens with one attached hydrogen (secondary N) is 2. The Labute approximate surface area is 286 Å². The van der Waals surface area contributed by atoms with Crippen molar-refractivity contribution in [1.82, 2.24) is 14.4 Å². The van der Waals surface area contributed by atoms with Crippen molar-refractivity contribution in [2.75, 3.05) is 44.0 Å². The number of amides is 3. The molecule has 2 aromatic carbocycles. The van der Waals surface area contributed by atoms with Gasteiger partial charge in [0.25, 0.3) is 5.91 Å². The quantitative estimate of drug-likeness (QED) is 0.287. The van der Waals surface area contributed by atoms with Gasteiger partial charge in [0, 0.05) is 44.0 Å². The van der Waals surface area contributed by atoms with E-state index in [2.05, 4.69) is 15.8 Å². The zero-order valence-corrected chi connectivity index (χ0v) is 29.5. The summed E-state index contributed by atoms with van der Waals surface area (Å²) >= 11 is 0. The van der Waals surface area contributed by atoms with Crippen molar-refractivity contribution in [2.45, 2.75) is 77.0 Å². The van der Waals surface area contributed by atoms with Gasteiger partial charge < -0.3 is 34.6 Å². The number of ether oxygens (including phenoxy) is 2. The van der Waals surface area contributed by atoms with E-state index in [1.54, 1.807) is 32.9 Å². The smallest absolute Gasteiger partial charge is 0.323 e. The summed E-state index contributed by atoms with van der Waals surface area (Å²) in [4.78, 5) is 28.6. The summed E-state index contributed by atoms with van der Waals surface area (Å²) in [5.74, 6) is -0.762. The van der Waals surface area contributed by atoms with E-state index in [4.69, 9.17) is 14.0 Å². The number of aromatic nitrogens is 1. The number of nitrogens with zero attached hydrogens (tertiary/aromatic N) is 3. The van der Waals surface area contributed by atoms with E-state index in [1.165, 1.54) is 46.6 Å². The van der Waals surface area contributed by atoms with Gasteiger partial charge in [-0.3, -0.25) is 4.79 Å². The van der Waals surface area contributed by atoms with Gasteiger partial charge in [0.15, 0.2) is 5.76 Å². The van der Waals surface area contributed by atoms with Crippen LogP contribution in [0.25, 0.3) is 0 Å². The Morgan fingerprint density at radius 1 is 1.12 bits per heavy atom. The standard InChI is InChI=1S/C34H46FN5O8S/c1-21-18-40(22(2)20-41)33(42)29-17-28(37-34(43)36-27-12-10-26(35)11-13-27)14-15-30(29)47-23(3)9-7-8-16-46-31(21)19-39(6)49(44,45)32-24(4)38-48-25(32)5/h10-15,17,21-23,31,41H,7-9,16,18-20H2,1-6H3,(H2,36,37,43)/t21-,22+,23+,31+/m0/s1. The number of anilines is 2. The second-order valence-electron chi connectivity index (χ2n) is 12.5. The predicted octanol–water partition coefficient (Wildman–Crippen LogP) is 5.19. The highest BCUT2D eigenvalue weighted by Crippen LogP contribution is 2.29. The first kappa shape index (κ1) is 37.8. The van der Waals surface area contributed by atoms with Crippen molar-refractivity contribution in [3.63, 3.8) is 0 Å². The first-order valence-corrected chi connectivity index (χ1v) is 17.7. The van der Waals surface area contributed by atoms with Gasteiger partial charge in [-0.25, -0.2) is 17.6 Å².